The summed E-state index contributed by atoms with van der Waals surface area (Å²) < 4.78 is 11.3. The summed E-state index contributed by atoms with van der Waals surface area (Å²) in [6.07, 6.45) is 1.67. The number of hydrogen-bond acceptors (Lipinski definition) is 4. The van der Waals surface area contributed by atoms with Gasteiger partial charge >= 0.3 is 0 Å². The Morgan fingerprint density at radius 3 is 2.63 bits per heavy atom. The normalized spacial score (nSPS) is 13.7. The molecule has 0 bridgehead atoms. The van der Waals surface area contributed by atoms with Crippen LogP contribution in [0.25, 0.3) is 0 Å². The number of nitrogen functional groups attached to an aromatic ring is 1. The molecule has 2 unspecified atom stereocenters. The molecular weight excluding hydrogens is 262 g/mol. The lowest BCUT2D eigenvalue weighted by Gasteiger charge is -2.15. The predicted octanol–water partition coefficient (Wildman–Crippen LogP) is 1.15. The van der Waals surface area contributed by atoms with Crippen molar-refractivity contribution in [3.63, 3.8) is 0 Å². The number of carbonyl (C=O) groups excluding carboxylic acids is 1. The molecule has 0 aliphatic carbocycles. The third-order valence-electron chi connectivity index (χ3n) is 2.85. The molecule has 0 aliphatic rings. The first kappa shape index (κ1) is 15.5. The monoisotopic (exact) mass is 283 g/mol. The Labute approximate surface area is 116 Å². The highest BCUT2D eigenvalue weighted by molar-refractivity contribution is 7.84. The maximum atomic E-state index is 11.9. The summed E-state index contributed by atoms with van der Waals surface area (Å²) in [5, 5.41) is 3.16. The van der Waals surface area contributed by atoms with Crippen molar-refractivity contribution < 1.29 is 9.00 Å². The van der Waals surface area contributed by atoms with E-state index in [9.17, 15) is 9.00 Å². The average molecular weight is 283 g/mol. The van der Waals surface area contributed by atoms with E-state index in [0.29, 0.717) is 23.5 Å². The summed E-state index contributed by atoms with van der Waals surface area (Å²) in [5.41, 5.74) is 7.71. The summed E-state index contributed by atoms with van der Waals surface area (Å²) in [6.45, 7) is 2.45. The fourth-order valence-corrected chi connectivity index (χ4v) is 1.79. The van der Waals surface area contributed by atoms with Crippen LogP contribution in [0.3, 0.4) is 0 Å². The molecule has 1 rings (SSSR count). The SMILES string of the molecule is CC(CNc1cc(C(=O)N(C)C)ccc1N)S(C)=O. The highest BCUT2D eigenvalue weighted by Crippen LogP contribution is 2.20. The molecule has 0 saturated carbocycles. The maximum Gasteiger partial charge on any atom is 0.253 e. The Balaban J connectivity index is 2.86. The van der Waals surface area contributed by atoms with Crippen LogP contribution in [0, 0.1) is 0 Å². The lowest BCUT2D eigenvalue weighted by Crippen LogP contribution is -2.23. The van der Waals surface area contributed by atoms with E-state index in [2.05, 4.69) is 5.32 Å². The third-order valence-corrected chi connectivity index (χ3v) is 4.15. The lowest BCUT2D eigenvalue weighted by atomic mass is 10.1. The minimum Gasteiger partial charge on any atom is -0.397 e. The summed E-state index contributed by atoms with van der Waals surface area (Å²) >= 11 is 0. The van der Waals surface area contributed by atoms with Crippen molar-refractivity contribution >= 4 is 28.1 Å². The molecule has 1 aromatic rings. The zero-order valence-electron chi connectivity index (χ0n) is 11.8. The fraction of sp³-hybridized carbons (Fsp3) is 0.462. The number of benzene rings is 1. The van der Waals surface area contributed by atoms with Gasteiger partial charge in [-0.1, -0.05) is 0 Å². The Morgan fingerprint density at radius 2 is 2.11 bits per heavy atom. The molecule has 6 heteroatoms. The highest BCUT2D eigenvalue weighted by atomic mass is 32.2. The van der Waals surface area contributed by atoms with Gasteiger partial charge in [0.1, 0.15) is 0 Å². The minimum atomic E-state index is -0.891. The molecule has 0 aliphatic heterocycles. The second kappa shape index (κ2) is 6.56. The number of nitrogens with one attached hydrogen (secondary N) is 1. The second-order valence-electron chi connectivity index (χ2n) is 4.69. The van der Waals surface area contributed by atoms with E-state index >= 15 is 0 Å². The molecule has 106 valence electrons. The number of amides is 1. The van der Waals surface area contributed by atoms with Crippen LogP contribution < -0.4 is 11.1 Å². The maximum absolute atomic E-state index is 11.9. The van der Waals surface area contributed by atoms with Crippen LogP contribution in [0.15, 0.2) is 18.2 Å². The summed E-state index contributed by atoms with van der Waals surface area (Å²) in [5.74, 6) is -0.0739. The predicted molar refractivity (Wildman–Crippen MR) is 80.9 cm³/mol. The van der Waals surface area contributed by atoms with Gasteiger partial charge < -0.3 is 16.0 Å². The first-order valence-corrected chi connectivity index (χ1v) is 7.62. The van der Waals surface area contributed by atoms with Crippen molar-refractivity contribution in [3.8, 4) is 0 Å². The molecule has 19 heavy (non-hydrogen) atoms. The quantitative estimate of drug-likeness (QED) is 0.795. The van der Waals surface area contributed by atoms with Crippen molar-refractivity contribution in [1.29, 1.82) is 0 Å². The van der Waals surface area contributed by atoms with E-state index in [4.69, 9.17) is 5.73 Å². The number of nitrogens with zero attached hydrogens (tertiary/aromatic N) is 1. The molecular formula is C13H21N3O2S. The van der Waals surface area contributed by atoms with Crippen LogP contribution in [-0.4, -0.2) is 47.2 Å². The summed E-state index contributed by atoms with van der Waals surface area (Å²) in [4.78, 5) is 13.4. The summed E-state index contributed by atoms with van der Waals surface area (Å²) in [7, 11) is 2.51. The van der Waals surface area contributed by atoms with Crippen LogP contribution in [0.2, 0.25) is 0 Å². The molecule has 0 spiro atoms. The number of nitrogens with two attached hydrogens (primary N) is 1. The molecule has 3 N–H and O–H groups in total. The van der Waals surface area contributed by atoms with Gasteiger partial charge in [-0.3, -0.25) is 9.00 Å². The topological polar surface area (TPSA) is 75.4 Å². The van der Waals surface area contributed by atoms with Crippen LogP contribution in [0.1, 0.15) is 17.3 Å². The molecule has 0 heterocycles. The molecule has 0 saturated heterocycles. The molecule has 0 aromatic heterocycles. The van der Waals surface area contributed by atoms with E-state index in [1.165, 1.54) is 4.90 Å². The van der Waals surface area contributed by atoms with Crippen LogP contribution in [0.5, 0.6) is 0 Å². The van der Waals surface area contributed by atoms with Gasteiger partial charge in [0.05, 0.1) is 11.4 Å². The Hall–Kier alpha value is -1.56. The number of hydrogen-bond donors (Lipinski definition) is 2. The third kappa shape index (κ3) is 4.24. The first-order chi connectivity index (χ1) is 8.82. The Kier molecular flexibility index (Phi) is 5.35. The second-order valence-corrected chi connectivity index (χ2v) is 6.49. The van der Waals surface area contributed by atoms with E-state index in [0.717, 1.165) is 0 Å². The van der Waals surface area contributed by atoms with Crippen LogP contribution in [0.4, 0.5) is 11.4 Å². The van der Waals surface area contributed by atoms with Gasteiger partial charge in [0, 0.05) is 48.5 Å². The van der Waals surface area contributed by atoms with Gasteiger partial charge in [-0.25, -0.2) is 0 Å². The van der Waals surface area contributed by atoms with Gasteiger partial charge in [-0.2, -0.15) is 0 Å². The average Bonchev–Trinajstić information content (AvgIpc) is 2.36. The van der Waals surface area contributed by atoms with Gasteiger partial charge in [-0.15, -0.1) is 0 Å². The van der Waals surface area contributed by atoms with E-state index in [1.807, 2.05) is 6.92 Å². The van der Waals surface area contributed by atoms with E-state index in [1.54, 1.807) is 38.6 Å². The van der Waals surface area contributed by atoms with Crippen LogP contribution in [-0.2, 0) is 10.8 Å². The highest BCUT2D eigenvalue weighted by Gasteiger charge is 2.11. The van der Waals surface area contributed by atoms with E-state index in [-0.39, 0.29) is 11.2 Å². The minimum absolute atomic E-state index is 0.0209. The zero-order valence-corrected chi connectivity index (χ0v) is 12.6. The van der Waals surface area contributed by atoms with Crippen molar-refractivity contribution in [1.82, 2.24) is 4.90 Å². The molecule has 0 fully saturated rings. The molecule has 0 radical (unpaired) electrons. The van der Waals surface area contributed by atoms with Crippen molar-refractivity contribution in [2.45, 2.75) is 12.2 Å². The van der Waals surface area contributed by atoms with Gasteiger partial charge in [0.25, 0.3) is 5.91 Å². The molecule has 2 atom stereocenters. The Morgan fingerprint density at radius 1 is 1.47 bits per heavy atom. The zero-order chi connectivity index (χ0) is 14.6. The van der Waals surface area contributed by atoms with Crippen LogP contribution >= 0.6 is 0 Å². The van der Waals surface area contributed by atoms with Gasteiger partial charge in [0.15, 0.2) is 0 Å². The summed E-state index contributed by atoms with van der Waals surface area (Å²) in [6, 6.07) is 5.12. The molecule has 1 amide bonds. The number of anilines is 2. The molecule has 5 nitrogen and oxygen atoms in total. The Bertz CT molecular complexity index is 489. The van der Waals surface area contributed by atoms with Crippen molar-refractivity contribution in [3.05, 3.63) is 23.8 Å². The van der Waals surface area contributed by atoms with E-state index < -0.39 is 10.8 Å². The molecule has 1 aromatic carbocycles. The number of rotatable bonds is 5. The van der Waals surface area contributed by atoms with Crippen molar-refractivity contribution in [2.24, 2.45) is 0 Å². The van der Waals surface area contributed by atoms with Gasteiger partial charge in [-0.05, 0) is 25.1 Å². The van der Waals surface area contributed by atoms with Crippen molar-refractivity contribution in [2.75, 3.05) is 37.9 Å². The fourth-order valence-electron chi connectivity index (χ4n) is 1.47. The smallest absolute Gasteiger partial charge is 0.253 e. The standard InChI is InChI=1S/C13H21N3O2S/c1-9(19(4)18)8-15-12-7-10(5-6-11(12)14)13(17)16(2)3/h5-7,9,15H,8,14H2,1-4H3. The number of carbonyl (C=O) groups is 1. The van der Waals surface area contributed by atoms with Gasteiger partial charge in [0.2, 0.25) is 0 Å². The lowest BCUT2D eigenvalue weighted by molar-refractivity contribution is 0.0827. The first-order valence-electron chi connectivity index (χ1n) is 6.00. The largest absolute Gasteiger partial charge is 0.397 e.